The van der Waals surface area contributed by atoms with Crippen molar-refractivity contribution in [1.82, 2.24) is 14.3 Å². The molecule has 164 valence electrons. The van der Waals surface area contributed by atoms with Crippen LogP contribution in [0.5, 0.6) is 0 Å². The van der Waals surface area contributed by atoms with Crippen LogP contribution in [0.25, 0.3) is 5.69 Å². The molecule has 0 aliphatic carbocycles. The first-order chi connectivity index (χ1) is 14.7. The minimum absolute atomic E-state index is 0.00518. The van der Waals surface area contributed by atoms with Crippen LogP contribution in [0.4, 0.5) is 18.9 Å². The first-order valence-corrected chi connectivity index (χ1v) is 10.6. The maximum absolute atomic E-state index is 13.4. The Morgan fingerprint density at radius 2 is 2.00 bits per heavy atom. The van der Waals surface area contributed by atoms with Gasteiger partial charge in [-0.25, -0.2) is 9.67 Å². The summed E-state index contributed by atoms with van der Waals surface area (Å²) in [5, 5.41) is 3.85. The van der Waals surface area contributed by atoms with Crippen LogP contribution in [0.1, 0.15) is 46.2 Å². The van der Waals surface area contributed by atoms with Crippen LogP contribution >= 0.6 is 11.3 Å². The van der Waals surface area contributed by atoms with E-state index in [1.54, 1.807) is 24.3 Å². The number of ketones is 1. The third-order valence-corrected chi connectivity index (χ3v) is 6.48. The van der Waals surface area contributed by atoms with Gasteiger partial charge in [0.05, 0.1) is 35.2 Å². The van der Waals surface area contributed by atoms with Crippen LogP contribution in [0.3, 0.4) is 0 Å². The Bertz CT molecular complexity index is 1200. The van der Waals surface area contributed by atoms with E-state index in [0.717, 1.165) is 5.69 Å². The number of carbonyl (C=O) groups is 1. The molecule has 0 radical (unpaired) electrons. The quantitative estimate of drug-likeness (QED) is 0.547. The molecule has 1 aromatic carbocycles. The minimum atomic E-state index is -4.54. The smallest absolute Gasteiger partial charge is 0.376 e. The van der Waals surface area contributed by atoms with Crippen molar-refractivity contribution in [3.63, 3.8) is 0 Å². The fourth-order valence-corrected chi connectivity index (χ4v) is 4.84. The van der Waals surface area contributed by atoms with Crippen molar-refractivity contribution in [2.45, 2.75) is 46.5 Å². The molecule has 3 aromatic rings. The van der Waals surface area contributed by atoms with E-state index >= 15 is 0 Å². The fraction of sp³-hybridized carbons (Fsp3) is 0.381. The highest BCUT2D eigenvalue weighted by Crippen LogP contribution is 2.35. The minimum Gasteiger partial charge on any atom is -0.376 e. The van der Waals surface area contributed by atoms with Gasteiger partial charge in [-0.3, -0.25) is 4.79 Å². The molecule has 0 amide bonds. The van der Waals surface area contributed by atoms with Gasteiger partial charge in [0.1, 0.15) is 0 Å². The molecule has 0 spiro atoms. The van der Waals surface area contributed by atoms with Crippen molar-refractivity contribution in [2.75, 3.05) is 6.61 Å². The summed E-state index contributed by atoms with van der Waals surface area (Å²) < 4.78 is 48.7. The zero-order valence-corrected chi connectivity index (χ0v) is 18.1. The van der Waals surface area contributed by atoms with Gasteiger partial charge in [-0.1, -0.05) is 11.3 Å². The summed E-state index contributed by atoms with van der Waals surface area (Å²) in [5.41, 5.74) is 1.77. The highest BCUT2D eigenvalue weighted by atomic mass is 32.1. The van der Waals surface area contributed by atoms with Crippen molar-refractivity contribution in [2.24, 2.45) is 4.99 Å². The van der Waals surface area contributed by atoms with E-state index in [9.17, 15) is 18.0 Å². The molecule has 1 aliphatic rings. The fourth-order valence-electron chi connectivity index (χ4n) is 3.73. The van der Waals surface area contributed by atoms with E-state index in [1.165, 1.54) is 22.9 Å². The van der Waals surface area contributed by atoms with Gasteiger partial charge >= 0.3 is 6.18 Å². The van der Waals surface area contributed by atoms with E-state index in [1.807, 2.05) is 18.4 Å². The second-order valence-electron chi connectivity index (χ2n) is 7.21. The van der Waals surface area contributed by atoms with Crippen molar-refractivity contribution in [1.29, 1.82) is 0 Å². The topological polar surface area (TPSA) is 61.4 Å². The van der Waals surface area contributed by atoms with E-state index in [4.69, 9.17) is 4.74 Å². The zero-order chi connectivity index (χ0) is 22.3. The van der Waals surface area contributed by atoms with Crippen molar-refractivity contribution in [3.8, 4) is 5.69 Å². The summed E-state index contributed by atoms with van der Waals surface area (Å²) in [4.78, 5) is 17.9. The summed E-state index contributed by atoms with van der Waals surface area (Å²) in [7, 11) is 0. The Morgan fingerprint density at radius 3 is 2.61 bits per heavy atom. The number of benzene rings is 1. The Labute approximate surface area is 180 Å². The summed E-state index contributed by atoms with van der Waals surface area (Å²) in [6.07, 6.45) is -4.17. The molecule has 0 atom stereocenters. The first kappa shape index (κ1) is 21.5. The molecular formula is C21H21F3N4O2S. The Balaban J connectivity index is 1.74. The number of ether oxygens (including phenoxy) is 1. The molecule has 0 unspecified atom stereocenters. The molecular weight excluding hydrogens is 429 g/mol. The number of halogens is 3. The third kappa shape index (κ3) is 3.97. The van der Waals surface area contributed by atoms with E-state index in [2.05, 4.69) is 10.1 Å². The van der Waals surface area contributed by atoms with Crippen LogP contribution in [0.15, 0.2) is 29.3 Å². The highest BCUT2D eigenvalue weighted by Gasteiger charge is 2.40. The zero-order valence-electron chi connectivity index (χ0n) is 17.3. The van der Waals surface area contributed by atoms with Gasteiger partial charge in [0.2, 0.25) is 0 Å². The summed E-state index contributed by atoms with van der Waals surface area (Å²) in [6, 6.07) is 6.87. The predicted octanol–water partition coefficient (Wildman–Crippen LogP) is 4.59. The molecule has 0 N–H and O–H groups in total. The Kier molecular flexibility index (Phi) is 5.61. The lowest BCUT2D eigenvalue weighted by Gasteiger charge is -2.15. The first-order valence-electron chi connectivity index (χ1n) is 9.82. The molecule has 1 aliphatic heterocycles. The summed E-state index contributed by atoms with van der Waals surface area (Å²) in [6.45, 7) is 6.34. The SMILES string of the molecule is CCn1c(C)c(C(C)=O)s/c1=N\c1ccc(-n2nc(C(F)(F)F)c3c2CCOC3)cc1. The van der Waals surface area contributed by atoms with Crippen LogP contribution in [0, 0.1) is 6.92 Å². The summed E-state index contributed by atoms with van der Waals surface area (Å²) >= 11 is 1.33. The maximum Gasteiger partial charge on any atom is 0.435 e. The molecule has 31 heavy (non-hydrogen) atoms. The van der Waals surface area contributed by atoms with E-state index in [0.29, 0.717) is 46.3 Å². The second kappa shape index (κ2) is 8.08. The number of Topliss-reactive ketones (excluding diaryl/α,β-unsaturated/α-hetero) is 1. The predicted molar refractivity (Wildman–Crippen MR) is 110 cm³/mol. The average molecular weight is 450 g/mol. The lowest BCUT2D eigenvalue weighted by atomic mass is 10.1. The molecule has 6 nitrogen and oxygen atoms in total. The van der Waals surface area contributed by atoms with Gasteiger partial charge < -0.3 is 9.30 Å². The van der Waals surface area contributed by atoms with Crippen molar-refractivity contribution >= 4 is 22.8 Å². The van der Waals surface area contributed by atoms with E-state index in [-0.39, 0.29) is 18.0 Å². The Hall–Kier alpha value is -2.72. The molecule has 0 bridgehead atoms. The lowest BCUT2D eigenvalue weighted by Crippen LogP contribution is -2.15. The molecule has 0 fully saturated rings. The van der Waals surface area contributed by atoms with Gasteiger partial charge in [0.25, 0.3) is 0 Å². The van der Waals surface area contributed by atoms with Crippen LogP contribution in [-0.4, -0.2) is 26.7 Å². The van der Waals surface area contributed by atoms with Gasteiger partial charge in [0, 0.05) is 31.1 Å². The average Bonchev–Trinajstić information content (AvgIpc) is 3.26. The third-order valence-electron chi connectivity index (χ3n) is 5.20. The van der Waals surface area contributed by atoms with Gasteiger partial charge in [-0.2, -0.15) is 18.3 Å². The number of fused-ring (bicyclic) bond motifs is 1. The highest BCUT2D eigenvalue weighted by molar-refractivity contribution is 7.11. The van der Waals surface area contributed by atoms with Crippen molar-refractivity contribution in [3.05, 3.63) is 56.6 Å². The van der Waals surface area contributed by atoms with Crippen molar-refractivity contribution < 1.29 is 22.7 Å². The number of rotatable bonds is 4. The van der Waals surface area contributed by atoms with E-state index < -0.39 is 11.9 Å². The molecule has 3 heterocycles. The summed E-state index contributed by atoms with van der Waals surface area (Å²) in [5.74, 6) is -0.00518. The van der Waals surface area contributed by atoms with Gasteiger partial charge in [-0.15, -0.1) is 0 Å². The number of alkyl halides is 3. The van der Waals surface area contributed by atoms with Crippen LogP contribution in [0.2, 0.25) is 0 Å². The molecule has 2 aromatic heterocycles. The second-order valence-corrected chi connectivity index (χ2v) is 8.19. The monoisotopic (exact) mass is 450 g/mol. The van der Waals surface area contributed by atoms with Crippen LogP contribution in [-0.2, 0) is 30.5 Å². The number of hydrogen-bond donors (Lipinski definition) is 0. The molecule has 0 saturated heterocycles. The van der Waals surface area contributed by atoms with Gasteiger partial charge in [-0.05, 0) is 38.1 Å². The number of nitrogens with zero attached hydrogens (tertiary/aromatic N) is 4. The normalized spacial score (nSPS) is 14.7. The standard InChI is InChI=1S/C21H21F3N4O2S/c1-4-27-12(2)18(13(3)29)31-20(27)25-14-5-7-15(8-6-14)28-17-9-10-30-11-16(17)19(26-28)21(22,23)24/h5-8H,4,9-11H2,1-3H3/b25-20-. The number of thiazole rings is 1. The molecule has 4 rings (SSSR count). The van der Waals surface area contributed by atoms with Crippen LogP contribution < -0.4 is 4.80 Å². The maximum atomic E-state index is 13.4. The number of hydrogen-bond acceptors (Lipinski definition) is 5. The number of aromatic nitrogens is 3. The number of carbonyl (C=O) groups excluding carboxylic acids is 1. The molecule has 10 heteroatoms. The largest absolute Gasteiger partial charge is 0.435 e. The molecule has 0 saturated carbocycles. The van der Waals surface area contributed by atoms with Gasteiger partial charge in [0.15, 0.2) is 16.3 Å². The lowest BCUT2D eigenvalue weighted by molar-refractivity contribution is -0.142. The Morgan fingerprint density at radius 1 is 1.29 bits per heavy atom.